The van der Waals surface area contributed by atoms with Crippen LogP contribution in [0, 0.1) is 20.8 Å². The molecule has 0 atom stereocenters. The van der Waals surface area contributed by atoms with Gasteiger partial charge in [0.1, 0.15) is 5.82 Å². The summed E-state index contributed by atoms with van der Waals surface area (Å²) in [6, 6.07) is 10.5. The normalized spacial score (nSPS) is 14.3. The van der Waals surface area contributed by atoms with Crippen molar-refractivity contribution in [3.05, 3.63) is 76.6 Å². The average molecular weight is 505 g/mol. The molecule has 0 amide bonds. The van der Waals surface area contributed by atoms with E-state index in [4.69, 9.17) is 20.9 Å². The van der Waals surface area contributed by atoms with Gasteiger partial charge in [0.2, 0.25) is 5.79 Å². The van der Waals surface area contributed by atoms with Gasteiger partial charge in [-0.3, -0.25) is 4.79 Å². The van der Waals surface area contributed by atoms with Gasteiger partial charge in [0, 0.05) is 44.1 Å². The summed E-state index contributed by atoms with van der Waals surface area (Å²) in [5, 5.41) is 11.1. The molecule has 1 aliphatic rings. The van der Waals surface area contributed by atoms with Crippen LogP contribution in [-0.2, 0) is 27.2 Å². The highest BCUT2D eigenvalue weighted by atomic mass is 16.7. The van der Waals surface area contributed by atoms with Crippen molar-refractivity contribution in [1.82, 2.24) is 4.57 Å². The number of hydrogen-bond donors (Lipinski definition) is 3. The number of aliphatic hydroxyl groups is 1. The van der Waals surface area contributed by atoms with E-state index in [0.29, 0.717) is 12.4 Å². The summed E-state index contributed by atoms with van der Waals surface area (Å²) < 4.78 is 12.7. The molecule has 5 N–H and O–H groups in total. The van der Waals surface area contributed by atoms with Crippen LogP contribution in [0.15, 0.2) is 54.2 Å². The van der Waals surface area contributed by atoms with Crippen LogP contribution in [0.1, 0.15) is 36.2 Å². The largest absolute Gasteiger partial charge is 0.483 e. The van der Waals surface area contributed by atoms with Crippen LogP contribution in [0.3, 0.4) is 0 Å². The van der Waals surface area contributed by atoms with Crippen molar-refractivity contribution < 1.29 is 19.4 Å². The molecule has 0 spiro atoms. The number of anilines is 1. The fourth-order valence-electron chi connectivity index (χ4n) is 5.04. The van der Waals surface area contributed by atoms with E-state index >= 15 is 0 Å². The van der Waals surface area contributed by atoms with Crippen molar-refractivity contribution in [3.63, 3.8) is 0 Å². The Bertz CT molecular complexity index is 1410. The Balaban J connectivity index is 2.01. The number of carbonyl (C=O) groups excluding carboxylic acids is 1. The van der Waals surface area contributed by atoms with E-state index in [2.05, 4.69) is 46.7 Å². The van der Waals surface area contributed by atoms with Gasteiger partial charge in [0.05, 0.1) is 24.7 Å². The van der Waals surface area contributed by atoms with Crippen molar-refractivity contribution in [1.29, 1.82) is 0 Å². The Labute approximate surface area is 217 Å². The van der Waals surface area contributed by atoms with E-state index in [1.54, 1.807) is 12.2 Å². The Hall–Kier alpha value is -3.91. The predicted molar refractivity (Wildman–Crippen MR) is 147 cm³/mol. The van der Waals surface area contributed by atoms with Gasteiger partial charge in [-0.2, -0.15) is 0 Å². The summed E-state index contributed by atoms with van der Waals surface area (Å²) >= 11 is 0. The number of esters is 1. The second-order valence-electron chi connectivity index (χ2n) is 10.0. The quantitative estimate of drug-likeness (QED) is 0.192. The third kappa shape index (κ3) is 5.15. The molecule has 4 rings (SSSR count). The highest BCUT2D eigenvalue weighted by Crippen LogP contribution is 2.45. The minimum atomic E-state index is -1.57. The maximum Gasteiger partial charge on any atom is 0.312 e. The Morgan fingerprint density at radius 2 is 1.78 bits per heavy atom. The lowest BCUT2D eigenvalue weighted by atomic mass is 9.88. The maximum atomic E-state index is 13.0. The fourth-order valence-corrected chi connectivity index (χ4v) is 5.04. The number of benzene rings is 2. The van der Waals surface area contributed by atoms with Crippen molar-refractivity contribution in [2.24, 2.45) is 11.5 Å². The van der Waals surface area contributed by atoms with Gasteiger partial charge in [-0.15, -0.1) is 0 Å². The van der Waals surface area contributed by atoms with Gasteiger partial charge in [0.25, 0.3) is 0 Å². The fraction of sp³-hybridized carbons (Fsp3) is 0.345. The summed E-state index contributed by atoms with van der Waals surface area (Å²) in [7, 11) is 1.50. The first-order chi connectivity index (χ1) is 17.4. The standard InChI is InChI=1S/C29H36N4O4/c1-17-7-9-20(10-8-17)26-21(16-25(34)37-29(4,5)35)19(3)27-28-22(26)15-18(2)32(28)13-14-33(27)23(30)11-12-24(31)36-6/h7-12,15,35H,13-14,16,30-31H2,1-6H3/b23-11+,24-12+. The van der Waals surface area contributed by atoms with Crippen molar-refractivity contribution in [2.45, 2.75) is 53.4 Å². The number of ether oxygens (including phenoxy) is 2. The Kier molecular flexibility index (Phi) is 6.97. The molecule has 0 radical (unpaired) electrons. The van der Waals surface area contributed by atoms with Crippen LogP contribution in [0.5, 0.6) is 0 Å². The first-order valence-corrected chi connectivity index (χ1v) is 12.3. The molecule has 2 heterocycles. The molecular weight excluding hydrogens is 468 g/mol. The van der Waals surface area contributed by atoms with Crippen LogP contribution in [-0.4, -0.2) is 35.1 Å². The molecule has 37 heavy (non-hydrogen) atoms. The molecule has 0 saturated heterocycles. The monoisotopic (exact) mass is 504 g/mol. The SMILES string of the molecule is CO/C(N)=C/C=C(\N)N1CCn2c(C)cc3c(-c4ccc(C)cc4)c(CC(=O)OC(C)(C)O)c(C)c1c32. The van der Waals surface area contributed by atoms with Crippen LogP contribution >= 0.6 is 0 Å². The highest BCUT2D eigenvalue weighted by molar-refractivity contribution is 6.07. The Morgan fingerprint density at radius 1 is 1.11 bits per heavy atom. The predicted octanol–water partition coefficient (Wildman–Crippen LogP) is 4.11. The van der Waals surface area contributed by atoms with Crippen LogP contribution in [0.4, 0.5) is 5.69 Å². The summed E-state index contributed by atoms with van der Waals surface area (Å²) in [5.41, 5.74) is 20.4. The lowest BCUT2D eigenvalue weighted by Gasteiger charge is -2.34. The van der Waals surface area contributed by atoms with Gasteiger partial charge >= 0.3 is 5.97 Å². The summed E-state index contributed by atoms with van der Waals surface area (Å²) in [6.45, 7) is 10.5. The zero-order valence-electron chi connectivity index (χ0n) is 22.4. The molecule has 2 aromatic carbocycles. The molecule has 0 fully saturated rings. The molecule has 0 unspecified atom stereocenters. The lowest BCUT2D eigenvalue weighted by Crippen LogP contribution is -2.35. The molecule has 1 aliphatic heterocycles. The summed E-state index contributed by atoms with van der Waals surface area (Å²) in [5.74, 6) is -1.30. The smallest absolute Gasteiger partial charge is 0.312 e. The van der Waals surface area contributed by atoms with E-state index in [-0.39, 0.29) is 12.3 Å². The maximum absolute atomic E-state index is 13.0. The second-order valence-corrected chi connectivity index (χ2v) is 10.0. The van der Waals surface area contributed by atoms with Crippen LogP contribution in [0.2, 0.25) is 0 Å². The number of aromatic nitrogens is 1. The number of hydrogen-bond acceptors (Lipinski definition) is 7. The number of nitrogens with two attached hydrogens (primary N) is 2. The van der Waals surface area contributed by atoms with Gasteiger partial charge < -0.3 is 35.5 Å². The minimum Gasteiger partial charge on any atom is -0.483 e. The van der Waals surface area contributed by atoms with Crippen molar-refractivity contribution in [3.8, 4) is 11.1 Å². The number of carbonyl (C=O) groups is 1. The third-order valence-corrected chi connectivity index (χ3v) is 6.72. The number of methoxy groups -OCH3 is 1. The number of rotatable bonds is 7. The van der Waals surface area contributed by atoms with Gasteiger partial charge in [-0.25, -0.2) is 0 Å². The molecular formula is C29H36N4O4. The molecule has 0 saturated carbocycles. The highest BCUT2D eigenvalue weighted by Gasteiger charge is 2.30. The number of allylic oxidation sites excluding steroid dienone is 2. The summed E-state index contributed by atoms with van der Waals surface area (Å²) in [6.07, 6.45) is 3.36. The van der Waals surface area contributed by atoms with Gasteiger partial charge in [-0.05, 0) is 55.2 Å². The van der Waals surface area contributed by atoms with E-state index in [1.165, 1.54) is 21.0 Å². The van der Waals surface area contributed by atoms with Crippen LogP contribution in [0.25, 0.3) is 22.0 Å². The summed E-state index contributed by atoms with van der Waals surface area (Å²) in [4.78, 5) is 15.0. The average Bonchev–Trinajstić information content (AvgIpc) is 3.16. The van der Waals surface area contributed by atoms with Gasteiger partial charge in [0.15, 0.2) is 5.88 Å². The molecule has 3 aromatic rings. The first kappa shape index (κ1) is 26.2. The zero-order valence-corrected chi connectivity index (χ0v) is 22.4. The van der Waals surface area contributed by atoms with Gasteiger partial charge in [-0.1, -0.05) is 29.8 Å². The first-order valence-electron chi connectivity index (χ1n) is 12.3. The number of nitrogens with zero attached hydrogens (tertiary/aromatic N) is 2. The molecule has 196 valence electrons. The van der Waals surface area contributed by atoms with E-state index in [9.17, 15) is 9.90 Å². The Morgan fingerprint density at radius 3 is 2.41 bits per heavy atom. The zero-order chi connectivity index (χ0) is 27.1. The molecule has 8 heteroatoms. The third-order valence-electron chi connectivity index (χ3n) is 6.72. The van der Waals surface area contributed by atoms with E-state index in [1.807, 2.05) is 13.8 Å². The second kappa shape index (κ2) is 9.86. The molecule has 0 bridgehead atoms. The van der Waals surface area contributed by atoms with Crippen molar-refractivity contribution in [2.75, 3.05) is 18.6 Å². The van der Waals surface area contributed by atoms with E-state index in [0.717, 1.165) is 56.6 Å². The molecule has 1 aromatic heterocycles. The minimum absolute atomic E-state index is 0.000184. The number of aryl methyl sites for hydroxylation is 2. The molecule has 8 nitrogen and oxygen atoms in total. The topological polar surface area (TPSA) is 116 Å². The molecule has 0 aliphatic carbocycles. The lowest BCUT2D eigenvalue weighted by molar-refractivity contribution is -0.194. The van der Waals surface area contributed by atoms with Crippen LogP contribution < -0.4 is 16.4 Å². The van der Waals surface area contributed by atoms with Crippen molar-refractivity contribution >= 4 is 22.6 Å². The van der Waals surface area contributed by atoms with E-state index < -0.39 is 11.8 Å².